The minimum Gasteiger partial charge on any atom is -0.295 e. The van der Waals surface area contributed by atoms with Gasteiger partial charge in [0.25, 0.3) is 0 Å². The Labute approximate surface area is 145 Å². The van der Waals surface area contributed by atoms with Crippen molar-refractivity contribution in [3.05, 3.63) is 60.3 Å². The zero-order chi connectivity index (χ0) is 17.8. The molecule has 0 spiro atoms. The molecule has 0 saturated carbocycles. The van der Waals surface area contributed by atoms with Gasteiger partial charge in [0.05, 0.1) is 5.69 Å². The van der Waals surface area contributed by atoms with Crippen LogP contribution in [-0.4, -0.2) is 20.9 Å². The lowest BCUT2D eigenvalue weighted by atomic mass is 10.0. The summed E-state index contributed by atoms with van der Waals surface area (Å²) in [6.45, 7) is 3.64. The van der Waals surface area contributed by atoms with Crippen molar-refractivity contribution in [2.24, 2.45) is 0 Å². The van der Waals surface area contributed by atoms with Crippen LogP contribution in [0.1, 0.15) is 19.0 Å². The van der Waals surface area contributed by atoms with Gasteiger partial charge in [0, 0.05) is 35.6 Å². The third-order valence-electron chi connectivity index (χ3n) is 3.67. The van der Waals surface area contributed by atoms with Gasteiger partial charge in [-0.05, 0) is 36.8 Å². The summed E-state index contributed by atoms with van der Waals surface area (Å²) in [4.78, 5) is 24.5. The third kappa shape index (κ3) is 3.85. The van der Waals surface area contributed by atoms with Crippen LogP contribution in [0.5, 0.6) is 0 Å². The lowest BCUT2D eigenvalue weighted by Crippen LogP contribution is -2.12. The van der Waals surface area contributed by atoms with E-state index in [1.165, 1.54) is 12.1 Å². The topological polar surface area (TPSA) is 67.8 Å². The highest BCUT2D eigenvalue weighted by molar-refractivity contribution is 5.89. The maximum Gasteiger partial charge on any atom is 0.229 e. The number of amides is 1. The molecule has 1 amide bonds. The van der Waals surface area contributed by atoms with E-state index in [2.05, 4.69) is 20.3 Å². The van der Waals surface area contributed by atoms with Gasteiger partial charge in [-0.3, -0.25) is 15.1 Å². The highest BCUT2D eigenvalue weighted by Gasteiger charge is 2.13. The standard InChI is InChI=1S/C19H17FN4O/c1-3-17(25)23-19-22-11-16(13-7-8-21-12(2)9-13)18(24-19)14-5-4-6-15(20)10-14/h4-11H,3H2,1-2H3,(H,22,23,24,25). The van der Waals surface area contributed by atoms with Crippen molar-refractivity contribution < 1.29 is 9.18 Å². The van der Waals surface area contributed by atoms with E-state index < -0.39 is 0 Å². The number of aromatic nitrogens is 3. The van der Waals surface area contributed by atoms with Crippen LogP contribution < -0.4 is 5.32 Å². The van der Waals surface area contributed by atoms with Crippen LogP contribution in [0, 0.1) is 12.7 Å². The average Bonchev–Trinajstić information content (AvgIpc) is 2.61. The number of anilines is 1. The van der Waals surface area contributed by atoms with Crippen molar-refractivity contribution >= 4 is 11.9 Å². The van der Waals surface area contributed by atoms with Gasteiger partial charge in [0.15, 0.2) is 0 Å². The normalized spacial score (nSPS) is 10.5. The quantitative estimate of drug-likeness (QED) is 0.782. The van der Waals surface area contributed by atoms with Crippen LogP contribution in [-0.2, 0) is 4.79 Å². The fraction of sp³-hybridized carbons (Fsp3) is 0.158. The number of rotatable bonds is 4. The molecule has 2 aromatic heterocycles. The van der Waals surface area contributed by atoms with Gasteiger partial charge in [0.1, 0.15) is 5.82 Å². The summed E-state index contributed by atoms with van der Waals surface area (Å²) in [6.07, 6.45) is 3.66. The van der Waals surface area contributed by atoms with E-state index >= 15 is 0 Å². The first-order valence-electron chi connectivity index (χ1n) is 7.92. The molecule has 0 aliphatic rings. The number of carbonyl (C=O) groups is 1. The van der Waals surface area contributed by atoms with E-state index in [4.69, 9.17) is 0 Å². The van der Waals surface area contributed by atoms with Gasteiger partial charge in [-0.2, -0.15) is 0 Å². The first-order valence-corrected chi connectivity index (χ1v) is 7.92. The highest BCUT2D eigenvalue weighted by atomic mass is 19.1. The van der Waals surface area contributed by atoms with E-state index in [1.54, 1.807) is 31.5 Å². The number of nitrogens with one attached hydrogen (secondary N) is 1. The molecule has 0 bridgehead atoms. The summed E-state index contributed by atoms with van der Waals surface area (Å²) < 4.78 is 13.7. The lowest BCUT2D eigenvalue weighted by molar-refractivity contribution is -0.115. The summed E-state index contributed by atoms with van der Waals surface area (Å²) in [5.41, 5.74) is 3.63. The number of nitrogens with zero attached hydrogens (tertiary/aromatic N) is 3. The van der Waals surface area contributed by atoms with E-state index in [1.807, 2.05) is 19.1 Å². The predicted octanol–water partition coefficient (Wildman–Crippen LogP) is 4.00. The Kier molecular flexibility index (Phi) is 4.79. The van der Waals surface area contributed by atoms with Crippen molar-refractivity contribution in [1.29, 1.82) is 0 Å². The first kappa shape index (κ1) is 16.7. The van der Waals surface area contributed by atoms with Crippen molar-refractivity contribution in [2.45, 2.75) is 20.3 Å². The van der Waals surface area contributed by atoms with Crippen LogP contribution in [0.15, 0.2) is 48.8 Å². The van der Waals surface area contributed by atoms with E-state index in [9.17, 15) is 9.18 Å². The van der Waals surface area contributed by atoms with Crippen LogP contribution in [0.25, 0.3) is 22.4 Å². The van der Waals surface area contributed by atoms with Gasteiger partial charge in [0.2, 0.25) is 11.9 Å². The SMILES string of the molecule is CCC(=O)Nc1ncc(-c2ccnc(C)c2)c(-c2cccc(F)c2)n1. The Morgan fingerprint density at radius 1 is 1.16 bits per heavy atom. The molecule has 1 N–H and O–H groups in total. The fourth-order valence-electron chi connectivity index (χ4n) is 2.44. The minimum absolute atomic E-state index is 0.183. The van der Waals surface area contributed by atoms with Gasteiger partial charge in [-0.15, -0.1) is 0 Å². The Balaban J connectivity index is 2.15. The number of hydrogen-bond acceptors (Lipinski definition) is 4. The maximum absolute atomic E-state index is 13.7. The molecule has 3 aromatic rings. The molecule has 126 valence electrons. The minimum atomic E-state index is -0.355. The summed E-state index contributed by atoms with van der Waals surface area (Å²) in [7, 11) is 0. The number of aryl methyl sites for hydroxylation is 1. The number of halogens is 1. The Morgan fingerprint density at radius 2 is 2.00 bits per heavy atom. The van der Waals surface area contributed by atoms with Gasteiger partial charge in [-0.1, -0.05) is 19.1 Å². The van der Waals surface area contributed by atoms with Crippen molar-refractivity contribution in [3.8, 4) is 22.4 Å². The zero-order valence-corrected chi connectivity index (χ0v) is 14.0. The first-order chi connectivity index (χ1) is 12.1. The molecule has 3 rings (SSSR count). The second kappa shape index (κ2) is 7.17. The largest absolute Gasteiger partial charge is 0.295 e. The van der Waals surface area contributed by atoms with Gasteiger partial charge in [-0.25, -0.2) is 14.4 Å². The average molecular weight is 336 g/mol. The second-order valence-corrected chi connectivity index (χ2v) is 5.55. The molecule has 6 heteroatoms. The zero-order valence-electron chi connectivity index (χ0n) is 14.0. The summed E-state index contributed by atoms with van der Waals surface area (Å²) in [5, 5.41) is 2.64. The summed E-state index contributed by atoms with van der Waals surface area (Å²) in [6, 6.07) is 9.93. The Hall–Kier alpha value is -3.15. The monoisotopic (exact) mass is 336 g/mol. The Morgan fingerprint density at radius 3 is 2.72 bits per heavy atom. The molecule has 25 heavy (non-hydrogen) atoms. The Bertz CT molecular complexity index is 927. The second-order valence-electron chi connectivity index (χ2n) is 5.55. The smallest absolute Gasteiger partial charge is 0.229 e. The predicted molar refractivity (Wildman–Crippen MR) is 94.3 cm³/mol. The molecule has 0 radical (unpaired) electrons. The molecular formula is C19H17FN4O. The van der Waals surface area contributed by atoms with Crippen molar-refractivity contribution in [1.82, 2.24) is 15.0 Å². The van der Waals surface area contributed by atoms with Crippen LogP contribution in [0.2, 0.25) is 0 Å². The van der Waals surface area contributed by atoms with Gasteiger partial charge < -0.3 is 0 Å². The molecule has 0 unspecified atom stereocenters. The van der Waals surface area contributed by atoms with E-state index in [-0.39, 0.29) is 17.7 Å². The lowest BCUT2D eigenvalue weighted by Gasteiger charge is -2.11. The van der Waals surface area contributed by atoms with Crippen LogP contribution in [0.4, 0.5) is 10.3 Å². The van der Waals surface area contributed by atoms with E-state index in [0.29, 0.717) is 17.7 Å². The van der Waals surface area contributed by atoms with Crippen LogP contribution >= 0.6 is 0 Å². The molecule has 0 fully saturated rings. The maximum atomic E-state index is 13.7. The van der Waals surface area contributed by atoms with E-state index in [0.717, 1.165) is 16.8 Å². The van der Waals surface area contributed by atoms with Crippen LogP contribution in [0.3, 0.4) is 0 Å². The van der Waals surface area contributed by atoms with Crippen molar-refractivity contribution in [3.63, 3.8) is 0 Å². The number of pyridine rings is 1. The number of benzene rings is 1. The summed E-state index contributed by atoms with van der Waals surface area (Å²) in [5.74, 6) is -0.342. The third-order valence-corrected chi connectivity index (χ3v) is 3.67. The fourth-order valence-corrected chi connectivity index (χ4v) is 2.44. The molecule has 0 aliphatic heterocycles. The molecule has 2 heterocycles. The highest BCUT2D eigenvalue weighted by Crippen LogP contribution is 2.31. The molecular weight excluding hydrogens is 319 g/mol. The number of hydrogen-bond donors (Lipinski definition) is 1. The van der Waals surface area contributed by atoms with Crippen molar-refractivity contribution in [2.75, 3.05) is 5.32 Å². The molecule has 5 nitrogen and oxygen atoms in total. The molecule has 0 atom stereocenters. The molecule has 0 aliphatic carbocycles. The number of carbonyl (C=O) groups excluding carboxylic acids is 1. The molecule has 0 saturated heterocycles. The van der Waals surface area contributed by atoms with Gasteiger partial charge >= 0.3 is 0 Å². The summed E-state index contributed by atoms with van der Waals surface area (Å²) >= 11 is 0. The molecule has 1 aromatic carbocycles.